The number of anilines is 1. The van der Waals surface area contributed by atoms with Crippen LogP contribution in [0, 0.1) is 0 Å². The lowest BCUT2D eigenvalue weighted by Crippen LogP contribution is -2.00. The maximum absolute atomic E-state index is 5.95. The van der Waals surface area contributed by atoms with E-state index in [0.717, 1.165) is 17.8 Å². The molecule has 0 saturated carbocycles. The van der Waals surface area contributed by atoms with Crippen molar-refractivity contribution >= 4 is 5.82 Å². The van der Waals surface area contributed by atoms with Crippen molar-refractivity contribution in [2.24, 2.45) is 0 Å². The van der Waals surface area contributed by atoms with Gasteiger partial charge in [-0.15, -0.1) is 0 Å². The molecule has 0 unspecified atom stereocenters. The monoisotopic (exact) mass is 190 g/mol. The molecule has 0 aromatic carbocycles. The number of H-pyrrole nitrogens is 1. The second kappa shape index (κ2) is 2.54. The number of nitrogens with two attached hydrogens (primary N) is 1. The van der Waals surface area contributed by atoms with Crippen molar-refractivity contribution in [1.82, 2.24) is 14.5 Å². The molecule has 14 heavy (non-hydrogen) atoms. The molecule has 0 amide bonds. The minimum Gasteiger partial charge on any atom is -0.463 e. The molecule has 1 aliphatic rings. The Morgan fingerprint density at radius 2 is 2.50 bits per heavy atom. The number of ether oxygens (including phenoxy) is 1. The summed E-state index contributed by atoms with van der Waals surface area (Å²) in [5.41, 5.74) is 7.74. The molecule has 2 aromatic rings. The first-order valence-corrected chi connectivity index (χ1v) is 4.48. The zero-order valence-corrected chi connectivity index (χ0v) is 7.53. The summed E-state index contributed by atoms with van der Waals surface area (Å²) in [6.07, 6.45) is 3.72. The minimum atomic E-state index is 0.624. The van der Waals surface area contributed by atoms with Crippen LogP contribution in [0.2, 0.25) is 0 Å². The van der Waals surface area contributed by atoms with E-state index in [1.165, 1.54) is 0 Å². The van der Waals surface area contributed by atoms with E-state index in [1.54, 1.807) is 0 Å². The van der Waals surface area contributed by atoms with Gasteiger partial charge >= 0.3 is 0 Å². The van der Waals surface area contributed by atoms with Crippen molar-refractivity contribution in [3.63, 3.8) is 0 Å². The first kappa shape index (κ1) is 7.49. The fourth-order valence-electron chi connectivity index (χ4n) is 1.68. The van der Waals surface area contributed by atoms with Gasteiger partial charge in [0.05, 0.1) is 6.54 Å². The predicted octanol–water partition coefficient (Wildman–Crippen LogP) is 0.853. The Morgan fingerprint density at radius 3 is 3.21 bits per heavy atom. The number of nitrogens with one attached hydrogen (secondary N) is 1. The maximum Gasteiger partial charge on any atom is 0.298 e. The quantitative estimate of drug-likeness (QED) is 0.700. The Labute approximate surface area is 80.5 Å². The summed E-state index contributed by atoms with van der Waals surface area (Å²) in [4.78, 5) is 7.30. The van der Waals surface area contributed by atoms with Crippen molar-refractivity contribution in [1.29, 1.82) is 0 Å². The summed E-state index contributed by atoms with van der Waals surface area (Å²) < 4.78 is 7.21. The number of aromatic amines is 1. The fourth-order valence-corrected chi connectivity index (χ4v) is 1.68. The van der Waals surface area contributed by atoms with Gasteiger partial charge in [-0.25, -0.2) is 0 Å². The number of rotatable bonds is 1. The van der Waals surface area contributed by atoms with Crippen LogP contribution in [0.5, 0.6) is 6.01 Å². The van der Waals surface area contributed by atoms with Crippen molar-refractivity contribution < 1.29 is 4.74 Å². The van der Waals surface area contributed by atoms with Gasteiger partial charge in [0.25, 0.3) is 6.01 Å². The van der Waals surface area contributed by atoms with Gasteiger partial charge in [-0.3, -0.25) is 4.57 Å². The number of aromatic nitrogens is 3. The number of nitrogen functional groups attached to an aromatic ring is 1. The number of hydrogen-bond donors (Lipinski definition) is 2. The Kier molecular flexibility index (Phi) is 1.36. The summed E-state index contributed by atoms with van der Waals surface area (Å²) in [5, 5.41) is 0. The lowest BCUT2D eigenvalue weighted by molar-refractivity contribution is 0.345. The summed E-state index contributed by atoms with van der Waals surface area (Å²) in [6.45, 7) is 1.46. The van der Waals surface area contributed by atoms with Crippen LogP contribution in [0.3, 0.4) is 0 Å². The zero-order valence-electron chi connectivity index (χ0n) is 7.53. The summed E-state index contributed by atoms with van der Waals surface area (Å²) in [6, 6.07) is 2.56. The number of nitrogens with zero attached hydrogens (tertiary/aromatic N) is 2. The van der Waals surface area contributed by atoms with Crippen molar-refractivity contribution in [2.75, 3.05) is 12.3 Å². The molecule has 5 nitrogen and oxygen atoms in total. The van der Waals surface area contributed by atoms with E-state index in [2.05, 4.69) is 9.97 Å². The van der Waals surface area contributed by atoms with Crippen molar-refractivity contribution in [3.8, 4) is 17.3 Å². The van der Waals surface area contributed by atoms with Crippen molar-refractivity contribution in [3.05, 3.63) is 18.5 Å². The Bertz CT molecular complexity index is 457. The molecule has 0 atom stereocenters. The first-order valence-electron chi connectivity index (χ1n) is 4.48. The molecule has 0 bridgehead atoms. The normalized spacial score (nSPS) is 14.0. The van der Waals surface area contributed by atoms with Crippen LogP contribution in [-0.4, -0.2) is 21.1 Å². The van der Waals surface area contributed by atoms with E-state index in [0.29, 0.717) is 18.4 Å². The minimum absolute atomic E-state index is 0.624. The molecule has 3 heterocycles. The molecule has 0 saturated heterocycles. The van der Waals surface area contributed by atoms with Gasteiger partial charge in [-0.2, -0.15) is 4.98 Å². The van der Waals surface area contributed by atoms with Crippen LogP contribution in [-0.2, 0) is 6.54 Å². The second-order valence-corrected chi connectivity index (χ2v) is 3.23. The molecule has 0 fully saturated rings. The fraction of sp³-hybridized carbons (Fsp3) is 0.222. The molecule has 0 spiro atoms. The molecule has 0 aliphatic carbocycles. The van der Waals surface area contributed by atoms with Gasteiger partial charge in [-0.1, -0.05) is 0 Å². The van der Waals surface area contributed by atoms with E-state index in [4.69, 9.17) is 10.5 Å². The summed E-state index contributed by atoms with van der Waals surface area (Å²) >= 11 is 0. The van der Waals surface area contributed by atoms with Crippen LogP contribution < -0.4 is 10.5 Å². The van der Waals surface area contributed by atoms with Gasteiger partial charge in [0.15, 0.2) is 0 Å². The third-order valence-electron chi connectivity index (χ3n) is 2.39. The third kappa shape index (κ3) is 0.863. The molecular formula is C9H10N4O. The van der Waals surface area contributed by atoms with E-state index in [1.807, 2.05) is 23.0 Å². The number of hydrogen-bond acceptors (Lipinski definition) is 3. The molecule has 1 aliphatic heterocycles. The highest BCUT2D eigenvalue weighted by atomic mass is 16.5. The topological polar surface area (TPSA) is 68.9 Å². The predicted molar refractivity (Wildman–Crippen MR) is 51.9 cm³/mol. The SMILES string of the molecule is Nc1c(-c2cc[nH]c2)nc2n1CCO2. The molecule has 2 aromatic heterocycles. The largest absolute Gasteiger partial charge is 0.463 e. The third-order valence-corrected chi connectivity index (χ3v) is 2.39. The number of fused-ring (bicyclic) bond motifs is 1. The first-order chi connectivity index (χ1) is 6.86. The van der Waals surface area contributed by atoms with E-state index in [-0.39, 0.29) is 0 Å². The summed E-state index contributed by atoms with van der Waals surface area (Å²) in [7, 11) is 0. The zero-order chi connectivity index (χ0) is 9.54. The average molecular weight is 190 g/mol. The Hall–Kier alpha value is -1.91. The van der Waals surface area contributed by atoms with Crippen LogP contribution in [0.15, 0.2) is 18.5 Å². The van der Waals surface area contributed by atoms with Gasteiger partial charge < -0.3 is 15.5 Å². The van der Waals surface area contributed by atoms with E-state index in [9.17, 15) is 0 Å². The van der Waals surface area contributed by atoms with Crippen LogP contribution in [0.25, 0.3) is 11.3 Å². The van der Waals surface area contributed by atoms with Gasteiger partial charge in [0, 0.05) is 18.0 Å². The van der Waals surface area contributed by atoms with Crippen LogP contribution in [0.4, 0.5) is 5.82 Å². The smallest absolute Gasteiger partial charge is 0.298 e. The summed E-state index contributed by atoms with van der Waals surface area (Å²) in [5.74, 6) is 0.678. The standard InChI is InChI=1S/C9H10N4O/c10-8-7(6-1-2-11-5-6)12-9-13(8)3-4-14-9/h1-2,5,11H,3-4,10H2. The number of imidazole rings is 1. The average Bonchev–Trinajstić information content (AvgIpc) is 2.84. The molecule has 3 rings (SSSR count). The highest BCUT2D eigenvalue weighted by Crippen LogP contribution is 2.31. The highest BCUT2D eigenvalue weighted by molar-refractivity contribution is 5.71. The van der Waals surface area contributed by atoms with E-state index < -0.39 is 0 Å². The molecule has 72 valence electrons. The molecule has 3 N–H and O–H groups in total. The molecule has 5 heteroatoms. The van der Waals surface area contributed by atoms with Gasteiger partial charge in [0.2, 0.25) is 0 Å². The second-order valence-electron chi connectivity index (χ2n) is 3.23. The maximum atomic E-state index is 5.95. The van der Waals surface area contributed by atoms with Gasteiger partial charge in [0.1, 0.15) is 18.1 Å². The van der Waals surface area contributed by atoms with E-state index >= 15 is 0 Å². The molecule has 0 radical (unpaired) electrons. The Morgan fingerprint density at radius 1 is 1.57 bits per heavy atom. The lowest BCUT2D eigenvalue weighted by Gasteiger charge is -1.97. The van der Waals surface area contributed by atoms with Crippen molar-refractivity contribution in [2.45, 2.75) is 6.54 Å². The van der Waals surface area contributed by atoms with Crippen LogP contribution >= 0.6 is 0 Å². The Balaban J connectivity index is 2.17. The van der Waals surface area contributed by atoms with Crippen LogP contribution in [0.1, 0.15) is 0 Å². The highest BCUT2D eigenvalue weighted by Gasteiger charge is 2.21. The lowest BCUT2D eigenvalue weighted by atomic mass is 10.2. The van der Waals surface area contributed by atoms with Gasteiger partial charge in [-0.05, 0) is 6.07 Å². The molecular weight excluding hydrogens is 180 g/mol.